The van der Waals surface area contributed by atoms with Crippen LogP contribution in [-0.2, 0) is 0 Å². The van der Waals surface area contributed by atoms with Crippen molar-refractivity contribution >= 4 is 17.4 Å². The Hall–Kier alpha value is -0.830. The van der Waals surface area contributed by atoms with Crippen molar-refractivity contribution in [3.63, 3.8) is 0 Å². The second-order valence-corrected chi connectivity index (χ2v) is 5.36. The van der Waals surface area contributed by atoms with Gasteiger partial charge in [-0.1, -0.05) is 32.4 Å². The van der Waals surface area contributed by atoms with E-state index in [-0.39, 0.29) is 0 Å². The van der Waals surface area contributed by atoms with Crippen LogP contribution in [0.15, 0.2) is 12.4 Å². The van der Waals surface area contributed by atoms with Gasteiger partial charge in [-0.2, -0.15) is 0 Å². The average Bonchev–Trinajstić information content (AvgIpc) is 2.05. The van der Waals surface area contributed by atoms with Gasteiger partial charge < -0.3 is 5.32 Å². The summed E-state index contributed by atoms with van der Waals surface area (Å²) in [7, 11) is 0. The Morgan fingerprint density at radius 2 is 1.93 bits per heavy atom. The zero-order valence-corrected chi connectivity index (χ0v) is 10.5. The summed E-state index contributed by atoms with van der Waals surface area (Å²) in [5, 5.41) is 3.69. The Kier molecular flexibility index (Phi) is 3.91. The minimum atomic E-state index is 0.293. The second kappa shape index (κ2) is 4.79. The summed E-state index contributed by atoms with van der Waals surface area (Å²) >= 11 is 5.90. The van der Waals surface area contributed by atoms with Gasteiger partial charge in [0.1, 0.15) is 0 Å². The van der Waals surface area contributed by atoms with Crippen molar-refractivity contribution in [2.24, 2.45) is 5.41 Å². The Balaban J connectivity index is 2.59. The highest BCUT2D eigenvalue weighted by Gasteiger charge is 2.16. The molecule has 0 aliphatic carbocycles. The maximum absolute atomic E-state index is 5.90. The monoisotopic (exact) mass is 227 g/mol. The molecule has 1 unspecified atom stereocenters. The lowest BCUT2D eigenvalue weighted by Gasteiger charge is -2.24. The Bertz CT molecular complexity index is 320. The van der Waals surface area contributed by atoms with Crippen LogP contribution in [0, 0.1) is 5.41 Å². The molecule has 1 aromatic heterocycles. The van der Waals surface area contributed by atoms with Gasteiger partial charge in [-0.15, -0.1) is 0 Å². The summed E-state index contributed by atoms with van der Waals surface area (Å²) in [5.41, 5.74) is 0.293. The van der Waals surface area contributed by atoms with Gasteiger partial charge in [0, 0.05) is 18.4 Å². The van der Waals surface area contributed by atoms with Crippen molar-refractivity contribution < 1.29 is 0 Å². The van der Waals surface area contributed by atoms with Crippen LogP contribution in [0.4, 0.5) is 5.82 Å². The minimum Gasteiger partial charge on any atom is -0.365 e. The van der Waals surface area contributed by atoms with Crippen LogP contribution in [0.2, 0.25) is 5.15 Å². The predicted molar refractivity (Wildman–Crippen MR) is 64.2 cm³/mol. The molecule has 0 aliphatic rings. The van der Waals surface area contributed by atoms with E-state index < -0.39 is 0 Å². The molecule has 0 bridgehead atoms. The third-order valence-corrected chi connectivity index (χ3v) is 2.23. The second-order valence-electron chi connectivity index (χ2n) is 5.01. The molecule has 0 fully saturated rings. The molecule has 0 spiro atoms. The molecule has 1 heterocycles. The quantitative estimate of drug-likeness (QED) is 0.861. The largest absolute Gasteiger partial charge is 0.365 e. The van der Waals surface area contributed by atoms with E-state index in [9.17, 15) is 0 Å². The summed E-state index contributed by atoms with van der Waals surface area (Å²) in [6, 6.07) is 0.333. The summed E-state index contributed by atoms with van der Waals surface area (Å²) in [6.45, 7) is 8.76. The maximum Gasteiger partial charge on any atom is 0.171 e. The minimum absolute atomic E-state index is 0.293. The SMILES string of the molecule is CC(CC(C)(C)C)Nc1nccnc1Cl. The molecule has 4 heteroatoms. The normalized spacial score (nSPS) is 13.7. The van der Waals surface area contributed by atoms with Gasteiger partial charge in [0.05, 0.1) is 0 Å². The van der Waals surface area contributed by atoms with E-state index in [0.717, 1.165) is 6.42 Å². The number of nitrogens with one attached hydrogen (secondary N) is 1. The van der Waals surface area contributed by atoms with Crippen molar-refractivity contribution in [1.29, 1.82) is 0 Å². The molecule has 1 N–H and O–H groups in total. The Morgan fingerprint density at radius 1 is 1.33 bits per heavy atom. The summed E-state index contributed by atoms with van der Waals surface area (Å²) < 4.78 is 0. The molecular formula is C11H18ClN3. The van der Waals surface area contributed by atoms with Crippen LogP contribution in [0.25, 0.3) is 0 Å². The fourth-order valence-corrected chi connectivity index (χ4v) is 1.78. The van der Waals surface area contributed by atoms with E-state index in [1.54, 1.807) is 12.4 Å². The molecule has 0 saturated carbocycles. The molecule has 0 amide bonds. The average molecular weight is 228 g/mol. The van der Waals surface area contributed by atoms with Crippen LogP contribution < -0.4 is 5.32 Å². The summed E-state index contributed by atoms with van der Waals surface area (Å²) in [4.78, 5) is 8.11. The lowest BCUT2D eigenvalue weighted by atomic mass is 9.89. The number of rotatable bonds is 3. The van der Waals surface area contributed by atoms with Gasteiger partial charge in [-0.3, -0.25) is 0 Å². The van der Waals surface area contributed by atoms with Crippen LogP contribution in [-0.4, -0.2) is 16.0 Å². The van der Waals surface area contributed by atoms with Crippen molar-refractivity contribution in [2.75, 3.05) is 5.32 Å². The molecule has 0 aromatic carbocycles. The number of aromatic nitrogens is 2. The number of halogens is 1. The highest BCUT2D eigenvalue weighted by atomic mass is 35.5. The van der Waals surface area contributed by atoms with Crippen molar-refractivity contribution in [1.82, 2.24) is 9.97 Å². The van der Waals surface area contributed by atoms with Gasteiger partial charge >= 0.3 is 0 Å². The van der Waals surface area contributed by atoms with E-state index >= 15 is 0 Å². The van der Waals surface area contributed by atoms with E-state index in [0.29, 0.717) is 22.4 Å². The number of hydrogen-bond acceptors (Lipinski definition) is 3. The van der Waals surface area contributed by atoms with Crippen LogP contribution >= 0.6 is 11.6 Å². The molecule has 3 nitrogen and oxygen atoms in total. The first-order valence-electron chi connectivity index (χ1n) is 5.11. The lowest BCUT2D eigenvalue weighted by Crippen LogP contribution is -2.23. The standard InChI is InChI=1S/C11H18ClN3/c1-8(7-11(2,3)4)15-10-9(12)13-5-6-14-10/h5-6,8H,7H2,1-4H3,(H,14,15). The Morgan fingerprint density at radius 3 is 2.47 bits per heavy atom. The molecule has 1 atom stereocenters. The van der Waals surface area contributed by atoms with Gasteiger partial charge in [0.2, 0.25) is 0 Å². The fourth-order valence-electron chi connectivity index (χ4n) is 1.62. The van der Waals surface area contributed by atoms with Gasteiger partial charge in [0.25, 0.3) is 0 Å². The third kappa shape index (κ3) is 4.47. The molecule has 84 valence electrons. The van der Waals surface area contributed by atoms with E-state index in [4.69, 9.17) is 11.6 Å². The number of anilines is 1. The van der Waals surface area contributed by atoms with E-state index in [2.05, 4.69) is 43.0 Å². The van der Waals surface area contributed by atoms with Gasteiger partial charge in [-0.25, -0.2) is 9.97 Å². The molecular weight excluding hydrogens is 210 g/mol. The van der Waals surface area contributed by atoms with E-state index in [1.807, 2.05) is 0 Å². The van der Waals surface area contributed by atoms with Crippen molar-refractivity contribution in [3.8, 4) is 0 Å². The van der Waals surface area contributed by atoms with E-state index in [1.165, 1.54) is 0 Å². The first-order valence-corrected chi connectivity index (χ1v) is 5.49. The van der Waals surface area contributed by atoms with Crippen LogP contribution in [0.3, 0.4) is 0 Å². The highest BCUT2D eigenvalue weighted by Crippen LogP contribution is 2.23. The smallest absolute Gasteiger partial charge is 0.171 e. The van der Waals surface area contributed by atoms with Gasteiger partial charge in [-0.05, 0) is 18.8 Å². The summed E-state index contributed by atoms with van der Waals surface area (Å²) in [6.07, 6.45) is 4.28. The zero-order chi connectivity index (χ0) is 11.5. The van der Waals surface area contributed by atoms with Crippen LogP contribution in [0.1, 0.15) is 34.1 Å². The maximum atomic E-state index is 5.90. The van der Waals surface area contributed by atoms with Crippen molar-refractivity contribution in [3.05, 3.63) is 17.5 Å². The van der Waals surface area contributed by atoms with Crippen molar-refractivity contribution in [2.45, 2.75) is 40.2 Å². The lowest BCUT2D eigenvalue weighted by molar-refractivity contribution is 0.357. The molecule has 1 rings (SSSR count). The predicted octanol–water partition coefficient (Wildman–Crippen LogP) is 3.37. The highest BCUT2D eigenvalue weighted by molar-refractivity contribution is 6.31. The molecule has 0 saturated heterocycles. The molecule has 0 aliphatic heterocycles. The molecule has 0 radical (unpaired) electrons. The molecule has 15 heavy (non-hydrogen) atoms. The number of nitrogens with zero attached hydrogens (tertiary/aromatic N) is 2. The fraction of sp³-hybridized carbons (Fsp3) is 0.636. The third-order valence-electron chi connectivity index (χ3n) is 1.96. The topological polar surface area (TPSA) is 37.8 Å². The zero-order valence-electron chi connectivity index (χ0n) is 9.71. The molecule has 1 aromatic rings. The number of hydrogen-bond donors (Lipinski definition) is 1. The first-order chi connectivity index (χ1) is 6.88. The Labute approximate surface area is 96.3 Å². The first kappa shape index (κ1) is 12.2. The van der Waals surface area contributed by atoms with Crippen LogP contribution in [0.5, 0.6) is 0 Å². The summed E-state index contributed by atoms with van der Waals surface area (Å²) in [5.74, 6) is 0.663. The van der Waals surface area contributed by atoms with Gasteiger partial charge in [0.15, 0.2) is 11.0 Å².